The number of nitrogens with one attached hydrogen (secondary N) is 1. The van der Waals surface area contributed by atoms with Crippen LogP contribution in [-0.2, 0) is 6.54 Å². The SMILES string of the molecule is Cc1cc(NCc2cscn2)nc(Cl)n1. The minimum atomic E-state index is 0.260. The first-order valence-corrected chi connectivity index (χ1v) is 5.68. The lowest BCUT2D eigenvalue weighted by molar-refractivity contribution is 1.03. The van der Waals surface area contributed by atoms with Gasteiger partial charge in [0.2, 0.25) is 5.28 Å². The van der Waals surface area contributed by atoms with Crippen LogP contribution in [0.15, 0.2) is 17.0 Å². The second-order valence-corrected chi connectivity index (χ2v) is 4.05. The summed E-state index contributed by atoms with van der Waals surface area (Å²) in [6.45, 7) is 2.53. The second-order valence-electron chi connectivity index (χ2n) is 3.00. The van der Waals surface area contributed by atoms with Gasteiger partial charge in [0, 0.05) is 17.1 Å². The third-order valence-corrected chi connectivity index (χ3v) is 2.57. The predicted octanol–water partition coefficient (Wildman–Crippen LogP) is 2.51. The van der Waals surface area contributed by atoms with Gasteiger partial charge in [-0.3, -0.25) is 0 Å². The first kappa shape index (κ1) is 10.3. The topological polar surface area (TPSA) is 50.7 Å². The number of hydrogen-bond acceptors (Lipinski definition) is 5. The van der Waals surface area contributed by atoms with Gasteiger partial charge >= 0.3 is 0 Å². The molecule has 0 bridgehead atoms. The number of aromatic nitrogens is 3. The zero-order valence-corrected chi connectivity index (χ0v) is 9.64. The fourth-order valence-corrected chi connectivity index (χ4v) is 1.91. The summed E-state index contributed by atoms with van der Waals surface area (Å²) in [7, 11) is 0. The Morgan fingerprint density at radius 1 is 1.47 bits per heavy atom. The smallest absolute Gasteiger partial charge is 0.224 e. The highest BCUT2D eigenvalue weighted by molar-refractivity contribution is 7.07. The van der Waals surface area contributed by atoms with Crippen molar-refractivity contribution in [1.29, 1.82) is 0 Å². The Morgan fingerprint density at radius 2 is 2.33 bits per heavy atom. The standard InChI is InChI=1S/C9H9ClN4S/c1-6-2-8(14-9(10)13-6)11-3-7-4-15-5-12-7/h2,4-5H,3H2,1H3,(H,11,13,14). The van der Waals surface area contributed by atoms with E-state index in [9.17, 15) is 0 Å². The third kappa shape index (κ3) is 2.87. The van der Waals surface area contributed by atoms with Crippen molar-refractivity contribution in [2.45, 2.75) is 13.5 Å². The van der Waals surface area contributed by atoms with E-state index in [1.54, 1.807) is 16.8 Å². The molecule has 0 atom stereocenters. The molecule has 0 spiro atoms. The van der Waals surface area contributed by atoms with Gasteiger partial charge in [-0.2, -0.15) is 0 Å². The molecule has 4 nitrogen and oxygen atoms in total. The summed E-state index contributed by atoms with van der Waals surface area (Å²) in [5.41, 5.74) is 3.64. The van der Waals surface area contributed by atoms with Gasteiger partial charge in [0.05, 0.1) is 17.7 Å². The molecule has 0 aliphatic carbocycles. The minimum Gasteiger partial charge on any atom is -0.364 e. The van der Waals surface area contributed by atoms with Crippen LogP contribution in [0.3, 0.4) is 0 Å². The summed E-state index contributed by atoms with van der Waals surface area (Å²) in [6, 6.07) is 1.85. The molecule has 2 heterocycles. The summed E-state index contributed by atoms with van der Waals surface area (Å²) in [5.74, 6) is 0.723. The zero-order chi connectivity index (χ0) is 10.7. The summed E-state index contributed by atoms with van der Waals surface area (Å²) < 4.78 is 0. The van der Waals surface area contributed by atoms with E-state index in [2.05, 4.69) is 20.3 Å². The van der Waals surface area contributed by atoms with E-state index in [-0.39, 0.29) is 5.28 Å². The van der Waals surface area contributed by atoms with Crippen molar-refractivity contribution in [2.75, 3.05) is 5.32 Å². The van der Waals surface area contributed by atoms with E-state index < -0.39 is 0 Å². The molecule has 6 heteroatoms. The van der Waals surface area contributed by atoms with Crippen molar-refractivity contribution >= 4 is 28.8 Å². The van der Waals surface area contributed by atoms with Crippen LogP contribution in [0.2, 0.25) is 5.28 Å². The molecule has 0 aliphatic heterocycles. The summed E-state index contributed by atoms with van der Waals surface area (Å²) in [4.78, 5) is 12.2. The monoisotopic (exact) mass is 240 g/mol. The molecule has 2 rings (SSSR count). The van der Waals surface area contributed by atoms with Crippen molar-refractivity contribution in [1.82, 2.24) is 15.0 Å². The molecule has 0 aliphatic rings. The fraction of sp³-hybridized carbons (Fsp3) is 0.222. The molecule has 2 aromatic rings. The van der Waals surface area contributed by atoms with Gasteiger partial charge in [-0.15, -0.1) is 11.3 Å². The molecule has 0 amide bonds. The largest absolute Gasteiger partial charge is 0.364 e. The normalized spacial score (nSPS) is 10.3. The van der Waals surface area contributed by atoms with Crippen LogP contribution in [0.25, 0.3) is 0 Å². The maximum Gasteiger partial charge on any atom is 0.224 e. The summed E-state index contributed by atoms with van der Waals surface area (Å²) >= 11 is 7.31. The molecule has 0 radical (unpaired) electrons. The quantitative estimate of drug-likeness (QED) is 0.838. The minimum absolute atomic E-state index is 0.260. The van der Waals surface area contributed by atoms with Crippen molar-refractivity contribution in [3.8, 4) is 0 Å². The van der Waals surface area contributed by atoms with Crippen LogP contribution < -0.4 is 5.32 Å². The maximum absolute atomic E-state index is 5.73. The van der Waals surface area contributed by atoms with Crippen molar-refractivity contribution in [3.05, 3.63) is 33.6 Å². The van der Waals surface area contributed by atoms with Crippen LogP contribution in [0.5, 0.6) is 0 Å². The Morgan fingerprint density at radius 3 is 3.00 bits per heavy atom. The maximum atomic E-state index is 5.73. The van der Waals surface area contributed by atoms with E-state index in [0.717, 1.165) is 17.2 Å². The fourth-order valence-electron chi connectivity index (χ4n) is 1.13. The highest BCUT2D eigenvalue weighted by Crippen LogP contribution is 2.11. The third-order valence-electron chi connectivity index (χ3n) is 1.76. The molecule has 15 heavy (non-hydrogen) atoms. The number of halogens is 1. The molecule has 0 saturated carbocycles. The van der Waals surface area contributed by atoms with Crippen LogP contribution in [0, 0.1) is 6.92 Å². The van der Waals surface area contributed by atoms with Gasteiger partial charge in [0.25, 0.3) is 0 Å². The van der Waals surface area contributed by atoms with Crippen molar-refractivity contribution < 1.29 is 0 Å². The number of nitrogens with zero attached hydrogens (tertiary/aromatic N) is 3. The van der Waals surface area contributed by atoms with Gasteiger partial charge < -0.3 is 5.32 Å². The van der Waals surface area contributed by atoms with Gasteiger partial charge in [-0.1, -0.05) is 0 Å². The van der Waals surface area contributed by atoms with Crippen molar-refractivity contribution in [3.63, 3.8) is 0 Å². The van der Waals surface area contributed by atoms with E-state index in [4.69, 9.17) is 11.6 Å². The number of thiazole rings is 1. The second kappa shape index (κ2) is 4.55. The van der Waals surface area contributed by atoms with Gasteiger partial charge in [0.1, 0.15) is 5.82 Å². The molecule has 2 aromatic heterocycles. The van der Waals surface area contributed by atoms with E-state index in [0.29, 0.717) is 6.54 Å². The number of rotatable bonds is 3. The Balaban J connectivity index is 2.05. The highest BCUT2D eigenvalue weighted by atomic mass is 35.5. The lowest BCUT2D eigenvalue weighted by atomic mass is 10.4. The lowest BCUT2D eigenvalue weighted by Gasteiger charge is -2.04. The molecule has 0 unspecified atom stereocenters. The van der Waals surface area contributed by atoms with Crippen LogP contribution in [0.4, 0.5) is 5.82 Å². The Labute approximate surface area is 96.4 Å². The van der Waals surface area contributed by atoms with Gasteiger partial charge in [-0.05, 0) is 18.5 Å². The van der Waals surface area contributed by atoms with Gasteiger partial charge in [0.15, 0.2) is 0 Å². The predicted molar refractivity (Wildman–Crippen MR) is 61.2 cm³/mol. The molecule has 78 valence electrons. The average molecular weight is 241 g/mol. The molecule has 0 fully saturated rings. The van der Waals surface area contributed by atoms with Crippen LogP contribution >= 0.6 is 22.9 Å². The van der Waals surface area contributed by atoms with E-state index in [1.165, 1.54) is 0 Å². The van der Waals surface area contributed by atoms with Crippen molar-refractivity contribution in [2.24, 2.45) is 0 Å². The molecule has 0 saturated heterocycles. The molecule has 1 N–H and O–H groups in total. The lowest BCUT2D eigenvalue weighted by Crippen LogP contribution is -2.02. The van der Waals surface area contributed by atoms with Gasteiger partial charge in [-0.25, -0.2) is 15.0 Å². The van der Waals surface area contributed by atoms with E-state index >= 15 is 0 Å². The first-order valence-electron chi connectivity index (χ1n) is 4.36. The highest BCUT2D eigenvalue weighted by Gasteiger charge is 2.00. The number of hydrogen-bond donors (Lipinski definition) is 1. The number of anilines is 1. The number of aryl methyl sites for hydroxylation is 1. The molecule has 0 aromatic carbocycles. The summed E-state index contributed by atoms with van der Waals surface area (Å²) in [5, 5.41) is 5.39. The van der Waals surface area contributed by atoms with Crippen LogP contribution in [0.1, 0.15) is 11.4 Å². The Kier molecular flexibility index (Phi) is 3.13. The van der Waals surface area contributed by atoms with E-state index in [1.807, 2.05) is 18.4 Å². The van der Waals surface area contributed by atoms with Crippen LogP contribution in [-0.4, -0.2) is 15.0 Å². The zero-order valence-electron chi connectivity index (χ0n) is 8.07. The molecular weight excluding hydrogens is 232 g/mol. The Bertz CT molecular complexity index is 423. The first-order chi connectivity index (χ1) is 7.24. The Hall–Kier alpha value is -1.20. The molecular formula is C9H9ClN4S. The summed E-state index contributed by atoms with van der Waals surface area (Å²) in [6.07, 6.45) is 0. The average Bonchev–Trinajstić information content (AvgIpc) is 2.65.